The Morgan fingerprint density at radius 2 is 2.00 bits per heavy atom. The molecule has 0 spiro atoms. The average molecular weight is 286 g/mol. The molecule has 0 saturated heterocycles. The van der Waals surface area contributed by atoms with Crippen LogP contribution in [0.3, 0.4) is 0 Å². The van der Waals surface area contributed by atoms with E-state index in [1.165, 1.54) is 22.8 Å². The molecule has 0 bridgehead atoms. The molecule has 0 unspecified atom stereocenters. The number of allylic oxidation sites excluding steroid dienone is 3. The predicted octanol–water partition coefficient (Wildman–Crippen LogP) is 3.92. The molecule has 2 rings (SSSR count). The SMILES string of the molecule is COc1cccc2c1CC(/C=C/C(=O)OC(C)(C)C)=C2C. The van der Waals surface area contributed by atoms with Crippen molar-refractivity contribution in [3.8, 4) is 5.75 Å². The molecular weight excluding hydrogens is 264 g/mol. The van der Waals surface area contributed by atoms with Gasteiger partial charge >= 0.3 is 5.97 Å². The molecule has 3 heteroatoms. The minimum absolute atomic E-state index is 0.314. The molecule has 0 saturated carbocycles. The van der Waals surface area contributed by atoms with E-state index >= 15 is 0 Å². The topological polar surface area (TPSA) is 35.5 Å². The number of methoxy groups -OCH3 is 1. The van der Waals surface area contributed by atoms with Gasteiger partial charge < -0.3 is 9.47 Å². The molecule has 1 aliphatic carbocycles. The van der Waals surface area contributed by atoms with Crippen molar-refractivity contribution in [2.24, 2.45) is 0 Å². The highest BCUT2D eigenvalue weighted by atomic mass is 16.6. The average Bonchev–Trinajstić information content (AvgIpc) is 2.71. The molecule has 112 valence electrons. The van der Waals surface area contributed by atoms with Crippen LogP contribution in [0, 0.1) is 0 Å². The number of esters is 1. The minimum atomic E-state index is -0.466. The van der Waals surface area contributed by atoms with E-state index in [0.29, 0.717) is 0 Å². The number of carbonyl (C=O) groups excluding carboxylic acids is 1. The van der Waals surface area contributed by atoms with Crippen LogP contribution in [0.1, 0.15) is 38.8 Å². The van der Waals surface area contributed by atoms with Crippen LogP contribution < -0.4 is 4.74 Å². The molecule has 0 N–H and O–H groups in total. The van der Waals surface area contributed by atoms with E-state index in [2.05, 4.69) is 13.0 Å². The number of hydrogen-bond acceptors (Lipinski definition) is 3. The van der Waals surface area contributed by atoms with E-state index in [4.69, 9.17) is 9.47 Å². The number of benzene rings is 1. The van der Waals surface area contributed by atoms with Gasteiger partial charge in [-0.2, -0.15) is 0 Å². The van der Waals surface area contributed by atoms with E-state index in [-0.39, 0.29) is 5.97 Å². The Morgan fingerprint density at radius 3 is 2.62 bits per heavy atom. The van der Waals surface area contributed by atoms with Crippen molar-refractivity contribution in [3.63, 3.8) is 0 Å². The van der Waals surface area contributed by atoms with Crippen molar-refractivity contribution < 1.29 is 14.3 Å². The summed E-state index contributed by atoms with van der Waals surface area (Å²) in [5, 5.41) is 0. The van der Waals surface area contributed by atoms with Crippen molar-refractivity contribution in [3.05, 3.63) is 47.1 Å². The maximum absolute atomic E-state index is 11.8. The van der Waals surface area contributed by atoms with Crippen LogP contribution in [0.4, 0.5) is 0 Å². The third-order valence-electron chi connectivity index (χ3n) is 3.43. The van der Waals surface area contributed by atoms with E-state index in [1.54, 1.807) is 7.11 Å². The van der Waals surface area contributed by atoms with Crippen molar-refractivity contribution in [1.29, 1.82) is 0 Å². The molecule has 0 radical (unpaired) electrons. The van der Waals surface area contributed by atoms with Gasteiger partial charge in [0.15, 0.2) is 0 Å². The molecule has 0 aliphatic heterocycles. The third-order valence-corrected chi connectivity index (χ3v) is 3.43. The highest BCUT2D eigenvalue weighted by Gasteiger charge is 2.20. The summed E-state index contributed by atoms with van der Waals surface area (Å²) in [5.41, 5.74) is 4.22. The zero-order valence-electron chi connectivity index (χ0n) is 13.3. The molecule has 0 aromatic heterocycles. The highest BCUT2D eigenvalue weighted by Crippen LogP contribution is 2.38. The fourth-order valence-electron chi connectivity index (χ4n) is 2.47. The standard InChI is InChI=1S/C18H22O3/c1-12-13(9-10-17(19)21-18(2,3)4)11-15-14(12)7-6-8-16(15)20-5/h6-10H,11H2,1-5H3/b10-9+. The van der Waals surface area contributed by atoms with Crippen molar-refractivity contribution in [2.45, 2.75) is 39.7 Å². The monoisotopic (exact) mass is 286 g/mol. The predicted molar refractivity (Wildman–Crippen MR) is 84.3 cm³/mol. The Morgan fingerprint density at radius 1 is 1.29 bits per heavy atom. The lowest BCUT2D eigenvalue weighted by Crippen LogP contribution is -2.22. The Bertz CT molecular complexity index is 616. The molecule has 0 amide bonds. The maximum Gasteiger partial charge on any atom is 0.331 e. The summed E-state index contributed by atoms with van der Waals surface area (Å²) in [5.74, 6) is 0.582. The zero-order valence-corrected chi connectivity index (χ0v) is 13.3. The molecule has 0 heterocycles. The van der Waals surface area contributed by atoms with Crippen LogP contribution in [0.25, 0.3) is 5.57 Å². The second-order valence-electron chi connectivity index (χ2n) is 6.18. The molecule has 1 aromatic rings. The Hall–Kier alpha value is -2.03. The lowest BCUT2D eigenvalue weighted by Gasteiger charge is -2.17. The second kappa shape index (κ2) is 5.76. The summed E-state index contributed by atoms with van der Waals surface area (Å²) < 4.78 is 10.7. The summed E-state index contributed by atoms with van der Waals surface area (Å²) >= 11 is 0. The van der Waals surface area contributed by atoms with Gasteiger partial charge in [-0.3, -0.25) is 0 Å². The number of hydrogen-bond donors (Lipinski definition) is 0. The van der Waals surface area contributed by atoms with Crippen LogP contribution in [0.15, 0.2) is 35.9 Å². The van der Waals surface area contributed by atoms with Crippen LogP contribution in [-0.2, 0) is 16.0 Å². The first-order valence-electron chi connectivity index (χ1n) is 7.09. The number of carbonyl (C=O) groups is 1. The van der Waals surface area contributed by atoms with E-state index in [0.717, 1.165) is 17.7 Å². The smallest absolute Gasteiger partial charge is 0.331 e. The quantitative estimate of drug-likeness (QED) is 0.624. The van der Waals surface area contributed by atoms with E-state index in [9.17, 15) is 4.79 Å². The van der Waals surface area contributed by atoms with Gasteiger partial charge in [0.05, 0.1) is 7.11 Å². The summed E-state index contributed by atoms with van der Waals surface area (Å²) in [4.78, 5) is 11.8. The third kappa shape index (κ3) is 3.54. The zero-order chi connectivity index (χ0) is 15.6. The van der Waals surface area contributed by atoms with Crippen LogP contribution in [0.2, 0.25) is 0 Å². The Kier molecular flexibility index (Phi) is 4.21. The van der Waals surface area contributed by atoms with E-state index < -0.39 is 5.60 Å². The first kappa shape index (κ1) is 15.4. The highest BCUT2D eigenvalue weighted by molar-refractivity contribution is 5.85. The largest absolute Gasteiger partial charge is 0.496 e. The molecule has 1 aliphatic rings. The summed E-state index contributed by atoms with van der Waals surface area (Å²) in [6, 6.07) is 6.04. The number of fused-ring (bicyclic) bond motifs is 1. The van der Waals surface area contributed by atoms with Crippen molar-refractivity contribution in [2.75, 3.05) is 7.11 Å². The van der Waals surface area contributed by atoms with Gasteiger partial charge in [0.2, 0.25) is 0 Å². The number of rotatable bonds is 3. The summed E-state index contributed by atoms with van der Waals surface area (Å²) in [7, 11) is 1.68. The lowest BCUT2D eigenvalue weighted by molar-refractivity contribution is -0.148. The number of ether oxygens (including phenoxy) is 2. The fraction of sp³-hybridized carbons (Fsp3) is 0.389. The van der Waals surface area contributed by atoms with Gasteiger partial charge in [-0.25, -0.2) is 4.79 Å². The first-order chi connectivity index (χ1) is 9.81. The van der Waals surface area contributed by atoms with E-state index in [1.807, 2.05) is 39.0 Å². The first-order valence-corrected chi connectivity index (χ1v) is 7.09. The van der Waals surface area contributed by atoms with Crippen molar-refractivity contribution >= 4 is 11.5 Å². The van der Waals surface area contributed by atoms with Crippen LogP contribution in [-0.4, -0.2) is 18.7 Å². The van der Waals surface area contributed by atoms with Gasteiger partial charge in [0.25, 0.3) is 0 Å². The molecule has 0 atom stereocenters. The normalized spacial score (nSPS) is 14.5. The van der Waals surface area contributed by atoms with Crippen LogP contribution >= 0.6 is 0 Å². The van der Waals surface area contributed by atoms with Gasteiger partial charge in [0, 0.05) is 18.1 Å². The molecule has 3 nitrogen and oxygen atoms in total. The van der Waals surface area contributed by atoms with Gasteiger partial charge in [-0.15, -0.1) is 0 Å². The summed E-state index contributed by atoms with van der Waals surface area (Å²) in [6.45, 7) is 7.65. The molecular formula is C18H22O3. The minimum Gasteiger partial charge on any atom is -0.496 e. The van der Waals surface area contributed by atoms with Gasteiger partial charge in [-0.05, 0) is 50.5 Å². The second-order valence-corrected chi connectivity index (χ2v) is 6.18. The Labute approximate surface area is 126 Å². The molecule has 0 fully saturated rings. The lowest BCUT2D eigenvalue weighted by atomic mass is 10.1. The van der Waals surface area contributed by atoms with Gasteiger partial charge in [0.1, 0.15) is 11.4 Å². The summed E-state index contributed by atoms with van der Waals surface area (Å²) in [6.07, 6.45) is 4.13. The molecule has 1 aromatic carbocycles. The Balaban J connectivity index is 2.17. The van der Waals surface area contributed by atoms with Gasteiger partial charge in [-0.1, -0.05) is 18.2 Å². The fourth-order valence-corrected chi connectivity index (χ4v) is 2.47. The van der Waals surface area contributed by atoms with Crippen molar-refractivity contribution in [1.82, 2.24) is 0 Å². The maximum atomic E-state index is 11.8. The molecule has 21 heavy (non-hydrogen) atoms. The van der Waals surface area contributed by atoms with Crippen LogP contribution in [0.5, 0.6) is 5.75 Å².